The molecule has 6 nitrogen and oxygen atoms in total. The Bertz CT molecular complexity index is 786. The number of benzene rings is 1. The number of hydrogen-bond donors (Lipinski definition) is 1. The third-order valence-corrected chi connectivity index (χ3v) is 6.99. The predicted molar refractivity (Wildman–Crippen MR) is 99.1 cm³/mol. The summed E-state index contributed by atoms with van der Waals surface area (Å²) in [6.45, 7) is 5.57. The van der Waals surface area contributed by atoms with E-state index in [1.54, 1.807) is 0 Å². The maximum atomic E-state index is 13.1. The second kappa shape index (κ2) is 6.54. The van der Waals surface area contributed by atoms with E-state index in [0.717, 1.165) is 11.3 Å². The van der Waals surface area contributed by atoms with Gasteiger partial charge < -0.3 is 4.90 Å². The first-order valence-electron chi connectivity index (χ1n) is 8.46. The fraction of sp³-hybridized carbons (Fsp3) is 0.588. The van der Waals surface area contributed by atoms with Crippen LogP contribution in [-0.4, -0.2) is 45.3 Å². The van der Waals surface area contributed by atoms with Crippen molar-refractivity contribution in [3.63, 3.8) is 0 Å². The molecule has 1 saturated heterocycles. The van der Waals surface area contributed by atoms with Gasteiger partial charge in [0.2, 0.25) is 5.91 Å². The molecular formula is C17H24ClN3O3S. The van der Waals surface area contributed by atoms with Gasteiger partial charge in [0.05, 0.1) is 0 Å². The van der Waals surface area contributed by atoms with Crippen LogP contribution in [0, 0.1) is 5.92 Å². The van der Waals surface area contributed by atoms with E-state index in [1.165, 1.54) is 11.4 Å². The van der Waals surface area contributed by atoms with Crippen LogP contribution in [0.2, 0.25) is 5.02 Å². The zero-order valence-corrected chi connectivity index (χ0v) is 16.3. The molecule has 0 saturated carbocycles. The number of rotatable bonds is 3. The van der Waals surface area contributed by atoms with Gasteiger partial charge in [-0.2, -0.15) is 12.7 Å². The lowest BCUT2D eigenvalue weighted by molar-refractivity contribution is -0.123. The lowest BCUT2D eigenvalue weighted by atomic mass is 9.87. The molecule has 2 aliphatic heterocycles. The van der Waals surface area contributed by atoms with Crippen LogP contribution >= 0.6 is 11.6 Å². The quantitative estimate of drug-likeness (QED) is 0.866. The molecule has 0 unspecified atom stereocenters. The molecular weight excluding hydrogens is 362 g/mol. The summed E-state index contributed by atoms with van der Waals surface area (Å²) >= 11 is 6.13. The first-order valence-corrected chi connectivity index (χ1v) is 10.3. The highest BCUT2D eigenvalue weighted by atomic mass is 35.5. The molecule has 0 atom stereocenters. The number of amides is 1. The van der Waals surface area contributed by atoms with Gasteiger partial charge in [-0.25, -0.2) is 4.72 Å². The lowest BCUT2D eigenvalue weighted by Crippen LogP contribution is -2.47. The molecule has 1 aromatic carbocycles. The van der Waals surface area contributed by atoms with Crippen molar-refractivity contribution in [3.05, 3.63) is 28.8 Å². The van der Waals surface area contributed by atoms with Gasteiger partial charge in [0.1, 0.15) is 0 Å². The summed E-state index contributed by atoms with van der Waals surface area (Å²) in [7, 11) is -2.01. The largest absolute Gasteiger partial charge is 0.311 e. The van der Waals surface area contributed by atoms with Gasteiger partial charge in [-0.15, -0.1) is 0 Å². The highest BCUT2D eigenvalue weighted by molar-refractivity contribution is 7.87. The number of carbonyl (C=O) groups is 1. The first-order chi connectivity index (χ1) is 11.7. The summed E-state index contributed by atoms with van der Waals surface area (Å²) in [4.78, 5) is 14.9. The minimum atomic E-state index is -3.42. The molecule has 1 N–H and O–H groups in total. The number of nitrogens with one attached hydrogen (secondary N) is 1. The van der Waals surface area contributed by atoms with Crippen LogP contribution in [0.5, 0.6) is 0 Å². The third kappa shape index (κ3) is 3.43. The predicted octanol–water partition coefficient (Wildman–Crippen LogP) is 2.14. The minimum Gasteiger partial charge on any atom is -0.311 e. The van der Waals surface area contributed by atoms with E-state index < -0.39 is 10.2 Å². The van der Waals surface area contributed by atoms with Crippen molar-refractivity contribution >= 4 is 33.4 Å². The maximum Gasteiger partial charge on any atom is 0.279 e. The second-order valence-electron chi connectivity index (χ2n) is 7.35. The molecule has 1 aromatic rings. The van der Waals surface area contributed by atoms with E-state index in [2.05, 4.69) is 18.6 Å². The summed E-state index contributed by atoms with van der Waals surface area (Å²) in [5.41, 5.74) is 1.86. The molecule has 0 aliphatic carbocycles. The van der Waals surface area contributed by atoms with Gasteiger partial charge in [0, 0.05) is 48.7 Å². The zero-order valence-electron chi connectivity index (χ0n) is 14.8. The standard InChI is InChI=1S/C17H24ClN3O3S/c1-17(2)11-21(15-5-4-13(18)10-14(15)17)16(22)12-6-8-20(9-7-12)25(23,24)19-3/h4-5,10,12,19H,6-9,11H2,1-3H3. The fourth-order valence-electron chi connectivity index (χ4n) is 3.74. The summed E-state index contributed by atoms with van der Waals surface area (Å²) < 4.78 is 27.5. The average molecular weight is 386 g/mol. The van der Waals surface area contributed by atoms with Gasteiger partial charge in [-0.05, 0) is 36.6 Å². The van der Waals surface area contributed by atoms with E-state index in [9.17, 15) is 13.2 Å². The van der Waals surface area contributed by atoms with Crippen molar-refractivity contribution in [2.24, 2.45) is 5.92 Å². The fourth-order valence-corrected chi connectivity index (χ4v) is 4.86. The number of nitrogens with zero attached hydrogens (tertiary/aromatic N) is 2. The summed E-state index contributed by atoms with van der Waals surface area (Å²) in [5, 5.41) is 0.673. The van der Waals surface area contributed by atoms with E-state index >= 15 is 0 Å². The Labute approximate surface area is 154 Å². The van der Waals surface area contributed by atoms with Crippen LogP contribution in [0.4, 0.5) is 5.69 Å². The van der Waals surface area contributed by atoms with Crippen LogP contribution in [0.3, 0.4) is 0 Å². The molecule has 1 amide bonds. The minimum absolute atomic E-state index is 0.0793. The van der Waals surface area contributed by atoms with E-state index in [4.69, 9.17) is 11.6 Å². The number of hydrogen-bond acceptors (Lipinski definition) is 3. The van der Waals surface area contributed by atoms with E-state index in [1.807, 2.05) is 23.1 Å². The topological polar surface area (TPSA) is 69.7 Å². The van der Waals surface area contributed by atoms with Gasteiger partial charge in [-0.3, -0.25) is 4.79 Å². The number of halogens is 1. The smallest absolute Gasteiger partial charge is 0.279 e. The maximum absolute atomic E-state index is 13.1. The van der Waals surface area contributed by atoms with E-state index in [0.29, 0.717) is 37.5 Å². The number of anilines is 1. The molecule has 0 aromatic heterocycles. The monoisotopic (exact) mass is 385 g/mol. The Morgan fingerprint density at radius 1 is 1.28 bits per heavy atom. The van der Waals surface area contributed by atoms with Crippen LogP contribution in [0.25, 0.3) is 0 Å². The molecule has 25 heavy (non-hydrogen) atoms. The van der Waals surface area contributed by atoms with Crippen LogP contribution in [0.15, 0.2) is 18.2 Å². The Morgan fingerprint density at radius 2 is 1.92 bits per heavy atom. The molecule has 2 heterocycles. The summed E-state index contributed by atoms with van der Waals surface area (Å²) in [5.74, 6) is -0.0728. The molecule has 2 aliphatic rings. The molecule has 138 valence electrons. The van der Waals surface area contributed by atoms with Gasteiger partial charge in [0.15, 0.2) is 0 Å². The number of carbonyl (C=O) groups excluding carboxylic acids is 1. The van der Waals surface area contributed by atoms with Gasteiger partial charge >= 0.3 is 0 Å². The normalized spacial score (nSPS) is 21.4. The Morgan fingerprint density at radius 3 is 2.52 bits per heavy atom. The molecule has 0 bridgehead atoms. The van der Waals surface area contributed by atoms with Crippen molar-refractivity contribution in [2.45, 2.75) is 32.1 Å². The highest BCUT2D eigenvalue weighted by Gasteiger charge is 2.41. The van der Waals surface area contributed by atoms with Crippen molar-refractivity contribution in [3.8, 4) is 0 Å². The average Bonchev–Trinajstić information content (AvgIpc) is 2.85. The van der Waals surface area contributed by atoms with Crippen LogP contribution in [-0.2, 0) is 20.4 Å². The van der Waals surface area contributed by atoms with Gasteiger partial charge in [0.25, 0.3) is 10.2 Å². The molecule has 0 radical (unpaired) electrons. The van der Waals surface area contributed by atoms with Crippen LogP contribution < -0.4 is 9.62 Å². The van der Waals surface area contributed by atoms with E-state index in [-0.39, 0.29) is 17.2 Å². The molecule has 8 heteroatoms. The third-order valence-electron chi connectivity index (χ3n) is 5.20. The Balaban J connectivity index is 1.76. The highest BCUT2D eigenvalue weighted by Crippen LogP contribution is 2.42. The zero-order chi connectivity index (χ0) is 18.4. The summed E-state index contributed by atoms with van der Waals surface area (Å²) in [6.07, 6.45) is 1.08. The van der Waals surface area contributed by atoms with Crippen molar-refractivity contribution in [2.75, 3.05) is 31.6 Å². The Kier molecular flexibility index (Phi) is 4.87. The van der Waals surface area contributed by atoms with Crippen molar-refractivity contribution in [1.29, 1.82) is 0 Å². The van der Waals surface area contributed by atoms with Gasteiger partial charge in [-0.1, -0.05) is 25.4 Å². The summed E-state index contributed by atoms with van der Waals surface area (Å²) in [6, 6.07) is 5.65. The van der Waals surface area contributed by atoms with Crippen LogP contribution in [0.1, 0.15) is 32.3 Å². The Hall–Kier alpha value is -1.15. The molecule has 1 fully saturated rings. The first kappa shape index (κ1) is 18.6. The number of fused-ring (bicyclic) bond motifs is 1. The SMILES string of the molecule is CNS(=O)(=O)N1CCC(C(=O)N2CC(C)(C)c3cc(Cl)ccc32)CC1. The second-order valence-corrected chi connectivity index (χ2v) is 9.66. The molecule has 3 rings (SSSR count). The van der Waals surface area contributed by atoms with Crippen molar-refractivity contribution < 1.29 is 13.2 Å². The lowest BCUT2D eigenvalue weighted by Gasteiger charge is -2.32. The molecule has 0 spiro atoms. The number of piperidine rings is 1. The van der Waals surface area contributed by atoms with Crippen molar-refractivity contribution in [1.82, 2.24) is 9.03 Å².